The maximum atomic E-state index is 13.5. The second kappa shape index (κ2) is 6.90. The third-order valence-corrected chi connectivity index (χ3v) is 6.39. The summed E-state index contributed by atoms with van der Waals surface area (Å²) in [4.78, 5) is 26.1. The van der Waals surface area contributed by atoms with Gasteiger partial charge in [-0.1, -0.05) is 41.5 Å². The standard InChI is InChI=1S/C24H28N4O/c1-17-14-18(2)16-19(15-17)24(8-9-24)22(29)27-10-5-11-28(13-12-27)23-25-20-6-3-4-7-21(20)26-23/h3-4,6-7,14-16H,5,8-13H2,1-2H3,(H,25,26). The summed E-state index contributed by atoms with van der Waals surface area (Å²) in [6.07, 6.45) is 2.91. The Labute approximate surface area is 171 Å². The minimum atomic E-state index is -0.286. The molecule has 5 heteroatoms. The zero-order valence-electron chi connectivity index (χ0n) is 17.2. The van der Waals surface area contributed by atoms with Crippen LogP contribution in [0.4, 0.5) is 5.95 Å². The Morgan fingerprint density at radius 2 is 1.76 bits per heavy atom. The highest BCUT2D eigenvalue weighted by Crippen LogP contribution is 2.50. The predicted molar refractivity (Wildman–Crippen MR) is 116 cm³/mol. The topological polar surface area (TPSA) is 52.2 Å². The normalized spacial score (nSPS) is 18.7. The number of hydrogen-bond donors (Lipinski definition) is 1. The average molecular weight is 389 g/mol. The van der Waals surface area contributed by atoms with Gasteiger partial charge in [-0.25, -0.2) is 4.98 Å². The van der Waals surface area contributed by atoms with Crippen molar-refractivity contribution in [1.82, 2.24) is 14.9 Å². The highest BCUT2D eigenvalue weighted by molar-refractivity contribution is 5.91. The van der Waals surface area contributed by atoms with Gasteiger partial charge < -0.3 is 14.8 Å². The molecule has 0 radical (unpaired) electrons. The van der Waals surface area contributed by atoms with E-state index < -0.39 is 0 Å². The van der Waals surface area contributed by atoms with E-state index in [2.05, 4.69) is 52.9 Å². The molecule has 1 aliphatic carbocycles. The van der Waals surface area contributed by atoms with Crippen molar-refractivity contribution in [3.63, 3.8) is 0 Å². The van der Waals surface area contributed by atoms with E-state index in [4.69, 9.17) is 4.98 Å². The number of anilines is 1. The Morgan fingerprint density at radius 3 is 2.48 bits per heavy atom. The molecule has 2 aromatic carbocycles. The third-order valence-electron chi connectivity index (χ3n) is 6.39. The molecule has 1 saturated heterocycles. The lowest BCUT2D eigenvalue weighted by Gasteiger charge is -2.27. The fourth-order valence-corrected chi connectivity index (χ4v) is 4.73. The summed E-state index contributed by atoms with van der Waals surface area (Å²) < 4.78 is 0. The number of benzene rings is 2. The summed E-state index contributed by atoms with van der Waals surface area (Å²) in [6.45, 7) is 7.54. The van der Waals surface area contributed by atoms with Crippen molar-refractivity contribution in [2.24, 2.45) is 0 Å². The van der Waals surface area contributed by atoms with E-state index in [0.717, 1.165) is 62.4 Å². The first-order valence-corrected chi connectivity index (χ1v) is 10.6. The number of hydrogen-bond acceptors (Lipinski definition) is 3. The Bertz CT molecular complexity index is 1010. The van der Waals surface area contributed by atoms with Gasteiger partial charge in [0.2, 0.25) is 11.9 Å². The van der Waals surface area contributed by atoms with Crippen molar-refractivity contribution in [1.29, 1.82) is 0 Å². The van der Waals surface area contributed by atoms with Crippen LogP contribution in [0.5, 0.6) is 0 Å². The molecule has 5 nitrogen and oxygen atoms in total. The van der Waals surface area contributed by atoms with Gasteiger partial charge in [-0.3, -0.25) is 4.79 Å². The van der Waals surface area contributed by atoms with Crippen LogP contribution >= 0.6 is 0 Å². The van der Waals surface area contributed by atoms with Gasteiger partial charge in [-0.15, -0.1) is 0 Å². The van der Waals surface area contributed by atoms with Gasteiger partial charge in [0, 0.05) is 26.2 Å². The number of aryl methyl sites for hydroxylation is 2. The van der Waals surface area contributed by atoms with Gasteiger partial charge in [-0.2, -0.15) is 0 Å². The summed E-state index contributed by atoms with van der Waals surface area (Å²) in [5.74, 6) is 1.23. The van der Waals surface area contributed by atoms with E-state index in [0.29, 0.717) is 5.91 Å². The van der Waals surface area contributed by atoms with Crippen LogP contribution in [0.3, 0.4) is 0 Å². The van der Waals surface area contributed by atoms with Crippen LogP contribution in [-0.4, -0.2) is 47.0 Å². The molecule has 3 aromatic rings. The molecular formula is C24H28N4O. The van der Waals surface area contributed by atoms with Crippen molar-refractivity contribution >= 4 is 22.9 Å². The number of aromatic amines is 1. The predicted octanol–water partition coefficient (Wildman–Crippen LogP) is 3.95. The maximum absolute atomic E-state index is 13.5. The number of nitrogens with one attached hydrogen (secondary N) is 1. The van der Waals surface area contributed by atoms with Crippen LogP contribution in [0.1, 0.15) is 36.0 Å². The van der Waals surface area contributed by atoms with Gasteiger partial charge in [0.05, 0.1) is 16.4 Å². The molecule has 0 atom stereocenters. The van der Waals surface area contributed by atoms with E-state index in [1.165, 1.54) is 16.7 Å². The molecule has 1 aromatic heterocycles. The van der Waals surface area contributed by atoms with Crippen molar-refractivity contribution in [3.8, 4) is 0 Å². The lowest BCUT2D eigenvalue weighted by atomic mass is 9.91. The molecule has 1 saturated carbocycles. The van der Waals surface area contributed by atoms with Gasteiger partial charge in [0.25, 0.3) is 0 Å². The molecule has 2 aliphatic rings. The van der Waals surface area contributed by atoms with Crippen LogP contribution in [0, 0.1) is 13.8 Å². The van der Waals surface area contributed by atoms with Gasteiger partial charge in [0.1, 0.15) is 0 Å². The van der Waals surface area contributed by atoms with Crippen LogP contribution < -0.4 is 4.90 Å². The van der Waals surface area contributed by atoms with Crippen molar-refractivity contribution in [2.45, 2.75) is 38.5 Å². The number of amides is 1. The first-order chi connectivity index (χ1) is 14.0. The number of H-pyrrole nitrogens is 1. The van der Waals surface area contributed by atoms with Gasteiger partial charge in [0.15, 0.2) is 0 Å². The van der Waals surface area contributed by atoms with Crippen LogP contribution in [0.2, 0.25) is 0 Å². The minimum absolute atomic E-state index is 0.286. The third kappa shape index (κ3) is 3.28. The number of rotatable bonds is 3. The van der Waals surface area contributed by atoms with Crippen molar-refractivity contribution in [3.05, 3.63) is 59.2 Å². The monoisotopic (exact) mass is 388 g/mol. The molecule has 2 fully saturated rings. The van der Waals surface area contributed by atoms with E-state index >= 15 is 0 Å². The van der Waals surface area contributed by atoms with Crippen molar-refractivity contribution < 1.29 is 4.79 Å². The molecule has 29 heavy (non-hydrogen) atoms. The fraction of sp³-hybridized carbons (Fsp3) is 0.417. The molecule has 0 unspecified atom stereocenters. The second-order valence-corrected chi connectivity index (χ2v) is 8.67. The Morgan fingerprint density at radius 1 is 1.00 bits per heavy atom. The SMILES string of the molecule is Cc1cc(C)cc(C2(C(=O)N3CCCN(c4nc5ccccc5[nH]4)CC3)CC2)c1. The first-order valence-electron chi connectivity index (χ1n) is 10.6. The van der Waals surface area contributed by atoms with E-state index in [1.54, 1.807) is 0 Å². The number of carbonyl (C=O) groups is 1. The summed E-state index contributed by atoms with van der Waals surface area (Å²) in [7, 11) is 0. The Balaban J connectivity index is 1.33. The average Bonchev–Trinajstić information content (AvgIpc) is 3.45. The van der Waals surface area contributed by atoms with E-state index in [9.17, 15) is 4.79 Å². The first kappa shape index (κ1) is 18.2. The quantitative estimate of drug-likeness (QED) is 0.739. The zero-order chi connectivity index (χ0) is 20.0. The van der Waals surface area contributed by atoms with Crippen LogP contribution in [-0.2, 0) is 10.2 Å². The lowest BCUT2D eigenvalue weighted by molar-refractivity contribution is -0.133. The van der Waals surface area contributed by atoms with Crippen LogP contribution in [0.15, 0.2) is 42.5 Å². The van der Waals surface area contributed by atoms with Crippen LogP contribution in [0.25, 0.3) is 11.0 Å². The van der Waals surface area contributed by atoms with E-state index in [1.807, 2.05) is 18.2 Å². The Hall–Kier alpha value is -2.82. The number of nitrogens with zero attached hydrogens (tertiary/aromatic N) is 3. The molecule has 1 amide bonds. The molecule has 150 valence electrons. The maximum Gasteiger partial charge on any atom is 0.233 e. The minimum Gasteiger partial charge on any atom is -0.341 e. The largest absolute Gasteiger partial charge is 0.341 e. The second-order valence-electron chi connectivity index (χ2n) is 8.67. The smallest absolute Gasteiger partial charge is 0.233 e. The molecule has 1 aliphatic heterocycles. The zero-order valence-corrected chi connectivity index (χ0v) is 17.2. The molecular weight excluding hydrogens is 360 g/mol. The number of imidazole rings is 1. The van der Waals surface area contributed by atoms with Crippen molar-refractivity contribution in [2.75, 3.05) is 31.1 Å². The molecule has 5 rings (SSSR count). The van der Waals surface area contributed by atoms with Gasteiger partial charge >= 0.3 is 0 Å². The number of aromatic nitrogens is 2. The number of fused-ring (bicyclic) bond motifs is 1. The summed E-state index contributed by atoms with van der Waals surface area (Å²) in [5.41, 5.74) is 5.46. The number of carbonyl (C=O) groups excluding carboxylic acids is 1. The Kier molecular flexibility index (Phi) is 4.34. The highest BCUT2D eigenvalue weighted by Gasteiger charge is 2.53. The van der Waals surface area contributed by atoms with Gasteiger partial charge in [-0.05, 0) is 50.8 Å². The molecule has 0 bridgehead atoms. The van der Waals surface area contributed by atoms with E-state index in [-0.39, 0.29) is 5.41 Å². The molecule has 2 heterocycles. The summed E-state index contributed by atoms with van der Waals surface area (Å²) >= 11 is 0. The molecule has 0 spiro atoms. The highest BCUT2D eigenvalue weighted by atomic mass is 16.2. The molecule has 1 N–H and O–H groups in total. The summed E-state index contributed by atoms with van der Waals surface area (Å²) in [5, 5.41) is 0. The fourth-order valence-electron chi connectivity index (χ4n) is 4.73. The number of para-hydroxylation sites is 2. The summed E-state index contributed by atoms with van der Waals surface area (Å²) in [6, 6.07) is 14.7. The lowest BCUT2D eigenvalue weighted by Crippen LogP contribution is -2.41.